The average Bonchev–Trinajstić information content (AvgIpc) is 3.32. The fourth-order valence-electron chi connectivity index (χ4n) is 14.6. The molecule has 2 heterocycles. The van der Waals surface area contributed by atoms with Gasteiger partial charge in [-0.15, -0.1) is 0 Å². The largest absolute Gasteiger partial charge is 0.504 e. The van der Waals surface area contributed by atoms with Gasteiger partial charge in [0.2, 0.25) is 0 Å². The van der Waals surface area contributed by atoms with E-state index in [1.807, 2.05) is 26.8 Å². The lowest BCUT2D eigenvalue weighted by molar-refractivity contribution is -0.371. The highest BCUT2D eigenvalue weighted by molar-refractivity contribution is 6.35. The number of aliphatic hydroxyl groups is 5. The summed E-state index contributed by atoms with van der Waals surface area (Å²) in [5, 5.41) is 93.9. The van der Waals surface area contributed by atoms with Crippen LogP contribution in [0.3, 0.4) is 0 Å². The zero-order valence-electron chi connectivity index (χ0n) is 42.8. The summed E-state index contributed by atoms with van der Waals surface area (Å²) in [6.45, 7) is 14.8. The number of hydrogen-bond acceptors (Lipinski definition) is 15. The highest BCUT2D eigenvalue weighted by Crippen LogP contribution is 2.75. The van der Waals surface area contributed by atoms with E-state index in [1.54, 1.807) is 30.3 Å². The molecule has 2 aliphatic heterocycles. The van der Waals surface area contributed by atoms with Gasteiger partial charge >= 0.3 is 17.9 Å². The van der Waals surface area contributed by atoms with E-state index in [0.717, 1.165) is 37.7 Å². The third kappa shape index (κ3) is 9.89. The lowest BCUT2D eigenvalue weighted by Gasteiger charge is -2.70. The number of ketones is 1. The number of aromatic hydroxyl groups is 1. The number of fused-ring (bicyclic) bond motifs is 7. The van der Waals surface area contributed by atoms with Gasteiger partial charge in [0.1, 0.15) is 42.4 Å². The molecule has 2 aromatic carbocycles. The summed E-state index contributed by atoms with van der Waals surface area (Å²) in [6.07, 6.45) is -12.2. The smallest absolute Gasteiger partial charge is 0.335 e. The lowest BCUT2D eigenvalue weighted by Crippen LogP contribution is -2.68. The SMILES string of the molecule is CC1(C)[C@@H](O[C@H]2O[C@H](C(=O)O)[C@@H](O)[C@H](O)[C@H]2O[C@@H]2O[C@H](C(=O)O)[C@@H](O)[C@H](O)[C@H]2O)CC[C@]2(C)[C@H]3C(=O)C=C4[C@@H]5C[C@@](C)(C(=O)O)CC[C@]5(C)CC[C@@]4(C)[C@]3(C)CC[C@@H]12.Oc1cc(Cl)ccc1Oc1ccc(Cl)cc1Cl. The normalized spacial score (nSPS) is 43.0. The van der Waals surface area contributed by atoms with Gasteiger partial charge in [0.05, 0.1) is 16.5 Å². The fraction of sp³-hybridized carbons (Fsp3) is 0.667. The number of hydrogen-bond donors (Lipinski definition) is 9. The molecule has 414 valence electrons. The van der Waals surface area contributed by atoms with Crippen LogP contribution < -0.4 is 4.74 Å². The van der Waals surface area contributed by atoms with Crippen molar-refractivity contribution in [3.05, 3.63) is 63.1 Å². The van der Waals surface area contributed by atoms with Crippen molar-refractivity contribution >= 4 is 58.5 Å². The minimum Gasteiger partial charge on any atom is -0.504 e. The number of carboxylic acid groups (broad SMARTS) is 3. The molecule has 2 saturated heterocycles. The second-order valence-electron chi connectivity index (χ2n) is 23.9. The molecule has 9 N–H and O–H groups in total. The molecule has 6 fully saturated rings. The maximum Gasteiger partial charge on any atom is 0.335 e. The summed E-state index contributed by atoms with van der Waals surface area (Å²) in [5.74, 6) is -3.83. The molecule has 7 aliphatic rings. The number of aliphatic carboxylic acids is 3. The van der Waals surface area contributed by atoms with Crippen molar-refractivity contribution in [1.29, 1.82) is 0 Å². The molecular weight excluding hydrogens is 1040 g/mol. The standard InChI is InChI=1S/C42H62O16.C12H7Cl3O2/c1-37(2)21-8-11-42(7)31(20(43)16-18-19-17-39(4,36(53)54)13-12-38(19,3)14-15-41(18,42)6)40(21,5)10-9-22(37)55-35-30(26(47)25(46)29(57-35)33(51)52)58-34-27(48)23(44)24(45)28(56-34)32(49)50;13-7-1-3-11(9(15)5-7)17-12-4-2-8(14)6-10(12)16/h16,19,21-31,34-35,44-48H,8-15,17H2,1-7H3,(H,49,50)(H,51,52)(H,53,54);1-6,16H/t19-,21-,22-,23-,24-,25-,26-,27+,28-,29-,30+,31+,34-,35-,38+,39-,40-,41+,42+;/m0./s1. The summed E-state index contributed by atoms with van der Waals surface area (Å²) in [5.41, 5.74) is -1.81. The first kappa shape index (κ1) is 57.5. The Morgan fingerprint density at radius 2 is 1.25 bits per heavy atom. The number of benzene rings is 2. The summed E-state index contributed by atoms with van der Waals surface area (Å²) in [7, 11) is 0. The Kier molecular flexibility index (Phi) is 15.8. The number of phenols is 1. The van der Waals surface area contributed by atoms with Crippen molar-refractivity contribution in [3.63, 3.8) is 0 Å². The average molecular weight is 1110 g/mol. The minimum absolute atomic E-state index is 0.0217. The number of halogens is 3. The number of rotatable bonds is 9. The third-order valence-corrected chi connectivity index (χ3v) is 20.0. The van der Waals surface area contributed by atoms with Crippen molar-refractivity contribution < 1.29 is 88.8 Å². The van der Waals surface area contributed by atoms with Gasteiger partial charge < -0.3 is 69.6 Å². The van der Waals surface area contributed by atoms with Crippen LogP contribution in [0.15, 0.2) is 48.0 Å². The number of ether oxygens (including phenoxy) is 5. The Morgan fingerprint density at radius 3 is 1.85 bits per heavy atom. The van der Waals surface area contributed by atoms with Gasteiger partial charge in [-0.1, -0.05) is 81.9 Å². The molecule has 19 atom stereocenters. The summed E-state index contributed by atoms with van der Waals surface area (Å²) in [4.78, 5) is 51.3. The van der Waals surface area contributed by atoms with E-state index in [4.69, 9.17) is 58.5 Å². The van der Waals surface area contributed by atoms with E-state index in [0.29, 0.717) is 46.5 Å². The van der Waals surface area contributed by atoms with Crippen LogP contribution in [0.25, 0.3) is 0 Å². The number of allylic oxidation sites excluding steroid dienone is 2. The second-order valence-corrected chi connectivity index (χ2v) is 25.2. The lowest BCUT2D eigenvalue weighted by atomic mass is 9.33. The number of carboxylic acids is 3. The van der Waals surface area contributed by atoms with Crippen molar-refractivity contribution in [2.45, 2.75) is 174 Å². The first-order chi connectivity index (χ1) is 34.8. The van der Waals surface area contributed by atoms with E-state index < -0.39 is 107 Å². The van der Waals surface area contributed by atoms with Crippen molar-refractivity contribution in [2.75, 3.05) is 0 Å². The van der Waals surface area contributed by atoms with Crippen LogP contribution in [-0.2, 0) is 38.1 Å². The van der Waals surface area contributed by atoms with Gasteiger partial charge in [-0.3, -0.25) is 9.59 Å². The summed E-state index contributed by atoms with van der Waals surface area (Å²) < 4.78 is 28.8. The Hall–Kier alpha value is -3.63. The summed E-state index contributed by atoms with van der Waals surface area (Å²) >= 11 is 17.4. The number of carbonyl (C=O) groups is 4. The Balaban J connectivity index is 0.000000371. The molecule has 0 amide bonds. The van der Waals surface area contributed by atoms with Crippen LogP contribution in [0.2, 0.25) is 15.1 Å². The molecule has 0 radical (unpaired) electrons. The van der Waals surface area contributed by atoms with Crippen LogP contribution in [-0.4, -0.2) is 137 Å². The van der Waals surface area contributed by atoms with Crippen LogP contribution in [0.5, 0.6) is 17.2 Å². The maximum atomic E-state index is 14.8. The first-order valence-corrected chi connectivity index (χ1v) is 26.6. The minimum atomic E-state index is -2.05. The number of aliphatic hydroxyl groups excluding tert-OH is 5. The highest BCUT2D eigenvalue weighted by atomic mass is 35.5. The topological polar surface area (TPSA) is 296 Å². The molecule has 0 unspecified atom stereocenters. The molecule has 21 heteroatoms. The zero-order valence-corrected chi connectivity index (χ0v) is 45.1. The molecular formula is C54H69Cl3O18. The Bertz CT molecular complexity index is 2550. The molecule has 5 aliphatic carbocycles. The molecule has 0 bridgehead atoms. The molecule has 18 nitrogen and oxygen atoms in total. The molecule has 4 saturated carbocycles. The molecule has 0 spiro atoms. The Labute approximate surface area is 449 Å². The highest BCUT2D eigenvalue weighted by Gasteiger charge is 2.71. The van der Waals surface area contributed by atoms with Crippen molar-refractivity contribution in [2.24, 2.45) is 50.2 Å². The van der Waals surface area contributed by atoms with Gasteiger partial charge in [-0.25, -0.2) is 9.59 Å². The molecule has 0 aromatic heterocycles. The molecule has 2 aromatic rings. The van der Waals surface area contributed by atoms with E-state index in [9.17, 15) is 65.1 Å². The number of phenolic OH excluding ortho intramolecular Hbond substituents is 1. The van der Waals surface area contributed by atoms with E-state index >= 15 is 0 Å². The Morgan fingerprint density at radius 1 is 0.667 bits per heavy atom. The molecule has 9 rings (SSSR count). The first-order valence-electron chi connectivity index (χ1n) is 25.4. The van der Waals surface area contributed by atoms with Gasteiger partial charge in [-0.2, -0.15) is 0 Å². The van der Waals surface area contributed by atoms with E-state index in [1.165, 1.54) is 6.07 Å². The van der Waals surface area contributed by atoms with Gasteiger partial charge in [0.25, 0.3) is 0 Å². The van der Waals surface area contributed by atoms with Crippen LogP contribution >= 0.6 is 34.8 Å². The second kappa shape index (κ2) is 20.5. The van der Waals surface area contributed by atoms with Crippen molar-refractivity contribution in [3.8, 4) is 17.2 Å². The van der Waals surface area contributed by atoms with E-state index in [2.05, 4.69) is 27.7 Å². The maximum absolute atomic E-state index is 14.8. The fourth-order valence-corrected chi connectivity index (χ4v) is 15.2. The summed E-state index contributed by atoms with van der Waals surface area (Å²) in [6, 6.07) is 9.39. The van der Waals surface area contributed by atoms with Crippen LogP contribution in [0.1, 0.15) is 106 Å². The van der Waals surface area contributed by atoms with E-state index in [-0.39, 0.29) is 45.9 Å². The van der Waals surface area contributed by atoms with Gasteiger partial charge in [0.15, 0.2) is 42.1 Å². The third-order valence-electron chi connectivity index (χ3n) is 19.3. The number of carbonyl (C=O) groups excluding carboxylic acids is 1. The zero-order chi connectivity index (χ0) is 55.3. The van der Waals surface area contributed by atoms with Crippen LogP contribution in [0, 0.1) is 50.2 Å². The van der Waals surface area contributed by atoms with Crippen molar-refractivity contribution in [1.82, 2.24) is 0 Å². The van der Waals surface area contributed by atoms with Crippen LogP contribution in [0.4, 0.5) is 0 Å². The van der Waals surface area contributed by atoms with Gasteiger partial charge in [-0.05, 0) is 140 Å². The molecule has 75 heavy (non-hydrogen) atoms. The predicted molar refractivity (Wildman–Crippen MR) is 269 cm³/mol. The predicted octanol–water partition coefficient (Wildman–Crippen LogP) is 7.39. The quantitative estimate of drug-likeness (QED) is 0.111. The van der Waals surface area contributed by atoms with Gasteiger partial charge in [0, 0.05) is 22.0 Å². The monoisotopic (exact) mass is 1110 g/mol.